The van der Waals surface area contributed by atoms with Crippen molar-refractivity contribution >= 4 is 21.8 Å². The molecule has 150 valence electrons. The standard InChI is InChI=1S/C19H23N3O5S/c23-18(20-11-10-16-7-5-13-27-16)19(24)21-14-15-6-4-12-22(15)28(25,26)17-8-2-1-3-9-17/h1-3,5,7-9,13,15H,4,6,10-12,14H2,(H,20,23)(H,21,24)/t15-/m1/s1. The van der Waals surface area contributed by atoms with E-state index < -0.39 is 21.8 Å². The second-order valence-corrected chi connectivity index (χ2v) is 8.41. The molecule has 8 nitrogen and oxygen atoms in total. The molecule has 1 fully saturated rings. The number of hydrogen-bond acceptors (Lipinski definition) is 5. The van der Waals surface area contributed by atoms with Crippen molar-refractivity contribution in [2.24, 2.45) is 0 Å². The van der Waals surface area contributed by atoms with Crippen LogP contribution in [0.3, 0.4) is 0 Å². The van der Waals surface area contributed by atoms with Gasteiger partial charge < -0.3 is 15.1 Å². The molecule has 2 N–H and O–H groups in total. The average Bonchev–Trinajstić information content (AvgIpc) is 3.38. The average molecular weight is 405 g/mol. The highest BCUT2D eigenvalue weighted by molar-refractivity contribution is 7.89. The molecular weight excluding hydrogens is 382 g/mol. The zero-order chi connectivity index (χ0) is 20.0. The van der Waals surface area contributed by atoms with Crippen molar-refractivity contribution in [1.82, 2.24) is 14.9 Å². The molecule has 1 aliphatic heterocycles. The zero-order valence-corrected chi connectivity index (χ0v) is 16.2. The van der Waals surface area contributed by atoms with Crippen molar-refractivity contribution in [3.63, 3.8) is 0 Å². The summed E-state index contributed by atoms with van der Waals surface area (Å²) >= 11 is 0. The lowest BCUT2D eigenvalue weighted by Crippen LogP contribution is -2.47. The number of carbonyl (C=O) groups excluding carboxylic acids is 2. The second kappa shape index (κ2) is 9.03. The first kappa shape index (κ1) is 20.1. The molecule has 9 heteroatoms. The van der Waals surface area contributed by atoms with Crippen molar-refractivity contribution in [2.75, 3.05) is 19.6 Å². The SMILES string of the molecule is O=C(NCCc1ccco1)C(=O)NC[C@H]1CCCN1S(=O)(=O)c1ccccc1. The smallest absolute Gasteiger partial charge is 0.309 e. The number of benzene rings is 1. The van der Waals surface area contributed by atoms with Crippen LogP contribution in [-0.4, -0.2) is 50.2 Å². The Balaban J connectivity index is 1.50. The lowest BCUT2D eigenvalue weighted by atomic mass is 10.2. The van der Waals surface area contributed by atoms with Gasteiger partial charge in [0.25, 0.3) is 0 Å². The fourth-order valence-corrected chi connectivity index (χ4v) is 4.90. The van der Waals surface area contributed by atoms with E-state index in [0.717, 1.165) is 0 Å². The van der Waals surface area contributed by atoms with Crippen LogP contribution < -0.4 is 10.6 Å². The van der Waals surface area contributed by atoms with Crippen LogP contribution in [0.15, 0.2) is 58.0 Å². The lowest BCUT2D eigenvalue weighted by Gasteiger charge is -2.24. The molecule has 0 spiro atoms. The fraction of sp³-hybridized carbons (Fsp3) is 0.368. The molecule has 0 radical (unpaired) electrons. The molecule has 1 saturated heterocycles. The van der Waals surface area contributed by atoms with Gasteiger partial charge in [0.1, 0.15) is 5.76 Å². The number of nitrogens with one attached hydrogen (secondary N) is 2. The Bertz CT molecular complexity index is 897. The molecule has 2 aromatic rings. The van der Waals surface area contributed by atoms with Gasteiger partial charge in [-0.25, -0.2) is 8.42 Å². The number of nitrogens with zero attached hydrogens (tertiary/aromatic N) is 1. The first-order chi connectivity index (χ1) is 13.5. The van der Waals surface area contributed by atoms with Crippen LogP contribution in [0.25, 0.3) is 0 Å². The van der Waals surface area contributed by atoms with Crippen LogP contribution in [0, 0.1) is 0 Å². The summed E-state index contributed by atoms with van der Waals surface area (Å²) in [4.78, 5) is 24.1. The molecule has 1 aliphatic rings. The summed E-state index contributed by atoms with van der Waals surface area (Å²) in [5, 5.41) is 5.06. The van der Waals surface area contributed by atoms with Gasteiger partial charge in [-0.1, -0.05) is 18.2 Å². The molecule has 1 atom stereocenters. The van der Waals surface area contributed by atoms with Gasteiger partial charge in [0.2, 0.25) is 10.0 Å². The summed E-state index contributed by atoms with van der Waals surface area (Å²) in [5.74, 6) is -0.807. The normalized spacial score (nSPS) is 17.4. The molecule has 0 unspecified atom stereocenters. The van der Waals surface area contributed by atoms with Crippen LogP contribution in [0.5, 0.6) is 0 Å². The number of rotatable bonds is 7. The molecule has 0 saturated carbocycles. The first-order valence-electron chi connectivity index (χ1n) is 9.14. The maximum absolute atomic E-state index is 12.8. The van der Waals surface area contributed by atoms with Crippen molar-refractivity contribution in [2.45, 2.75) is 30.2 Å². The Morgan fingerprint density at radius 1 is 1.07 bits per heavy atom. The van der Waals surface area contributed by atoms with Crippen LogP contribution >= 0.6 is 0 Å². The van der Waals surface area contributed by atoms with Gasteiger partial charge >= 0.3 is 11.8 Å². The first-order valence-corrected chi connectivity index (χ1v) is 10.6. The molecular formula is C19H23N3O5S. The number of furan rings is 1. The summed E-state index contributed by atoms with van der Waals surface area (Å²) in [6.45, 7) is 0.765. The summed E-state index contributed by atoms with van der Waals surface area (Å²) < 4.78 is 32.2. The third-order valence-electron chi connectivity index (χ3n) is 4.61. The summed E-state index contributed by atoms with van der Waals surface area (Å²) in [5.41, 5.74) is 0. The van der Waals surface area contributed by atoms with Crippen LogP contribution in [0.2, 0.25) is 0 Å². The highest BCUT2D eigenvalue weighted by atomic mass is 32.2. The van der Waals surface area contributed by atoms with Crippen LogP contribution in [0.4, 0.5) is 0 Å². The van der Waals surface area contributed by atoms with Gasteiger partial charge in [-0.2, -0.15) is 4.31 Å². The molecule has 2 heterocycles. The van der Waals surface area contributed by atoms with Gasteiger partial charge in [0.15, 0.2) is 0 Å². The van der Waals surface area contributed by atoms with E-state index in [1.807, 2.05) is 0 Å². The van der Waals surface area contributed by atoms with E-state index in [0.29, 0.717) is 31.6 Å². The zero-order valence-electron chi connectivity index (χ0n) is 15.3. The van der Waals surface area contributed by atoms with E-state index in [1.54, 1.807) is 48.7 Å². The third-order valence-corrected chi connectivity index (χ3v) is 6.58. The molecule has 1 aromatic heterocycles. The lowest BCUT2D eigenvalue weighted by molar-refractivity contribution is -0.139. The van der Waals surface area contributed by atoms with Crippen molar-refractivity contribution in [3.8, 4) is 0 Å². The second-order valence-electron chi connectivity index (χ2n) is 6.52. The maximum Gasteiger partial charge on any atom is 0.309 e. The minimum atomic E-state index is -3.62. The Labute approximate surface area is 164 Å². The van der Waals surface area contributed by atoms with Gasteiger partial charge in [-0.15, -0.1) is 0 Å². The number of carbonyl (C=O) groups is 2. The summed E-state index contributed by atoms with van der Waals surface area (Å²) in [7, 11) is -3.62. The highest BCUT2D eigenvalue weighted by Crippen LogP contribution is 2.25. The van der Waals surface area contributed by atoms with E-state index in [2.05, 4.69) is 10.6 Å². The third kappa shape index (κ3) is 4.79. The highest BCUT2D eigenvalue weighted by Gasteiger charge is 2.35. The van der Waals surface area contributed by atoms with Gasteiger partial charge in [-0.3, -0.25) is 9.59 Å². The number of hydrogen-bond donors (Lipinski definition) is 2. The van der Waals surface area contributed by atoms with Crippen LogP contribution in [0.1, 0.15) is 18.6 Å². The predicted molar refractivity (Wildman–Crippen MR) is 102 cm³/mol. The Morgan fingerprint density at radius 2 is 1.82 bits per heavy atom. The predicted octanol–water partition coefficient (Wildman–Crippen LogP) is 0.908. The maximum atomic E-state index is 12.8. The fourth-order valence-electron chi connectivity index (χ4n) is 3.18. The topological polar surface area (TPSA) is 109 Å². The van der Waals surface area contributed by atoms with Gasteiger partial charge in [0, 0.05) is 32.1 Å². The minimum absolute atomic E-state index is 0.0938. The Kier molecular flexibility index (Phi) is 6.48. The number of amides is 2. The molecule has 28 heavy (non-hydrogen) atoms. The number of sulfonamides is 1. The summed E-state index contributed by atoms with van der Waals surface area (Å²) in [6, 6.07) is 11.4. The Hall–Kier alpha value is -2.65. The van der Waals surface area contributed by atoms with E-state index in [9.17, 15) is 18.0 Å². The minimum Gasteiger partial charge on any atom is -0.469 e. The molecule has 0 aliphatic carbocycles. The largest absolute Gasteiger partial charge is 0.469 e. The van der Waals surface area contributed by atoms with E-state index in [-0.39, 0.29) is 24.0 Å². The van der Waals surface area contributed by atoms with Gasteiger partial charge in [0.05, 0.1) is 11.2 Å². The Morgan fingerprint density at radius 3 is 2.54 bits per heavy atom. The van der Waals surface area contributed by atoms with E-state index in [1.165, 1.54) is 4.31 Å². The van der Waals surface area contributed by atoms with E-state index >= 15 is 0 Å². The summed E-state index contributed by atoms with van der Waals surface area (Å²) in [6.07, 6.45) is 3.37. The van der Waals surface area contributed by atoms with Crippen LogP contribution in [-0.2, 0) is 26.0 Å². The monoisotopic (exact) mass is 405 g/mol. The molecule has 0 bridgehead atoms. The van der Waals surface area contributed by atoms with Crippen molar-refractivity contribution in [3.05, 3.63) is 54.5 Å². The molecule has 2 amide bonds. The quantitative estimate of drug-likeness (QED) is 0.666. The van der Waals surface area contributed by atoms with Gasteiger partial charge in [-0.05, 0) is 37.1 Å². The van der Waals surface area contributed by atoms with Crippen molar-refractivity contribution < 1.29 is 22.4 Å². The van der Waals surface area contributed by atoms with E-state index in [4.69, 9.17) is 4.42 Å². The van der Waals surface area contributed by atoms with Crippen molar-refractivity contribution in [1.29, 1.82) is 0 Å². The molecule has 3 rings (SSSR count). The molecule has 1 aromatic carbocycles.